The number of unbranched alkanes of at least 4 members (excludes halogenated alkanes) is 52. The molecule has 1 atom stereocenters. The molecule has 0 saturated carbocycles. The van der Waals surface area contributed by atoms with Gasteiger partial charge in [-0.1, -0.05) is 355 Å². The summed E-state index contributed by atoms with van der Waals surface area (Å²) in [6.45, 7) is 6.71. The van der Waals surface area contributed by atoms with Crippen molar-refractivity contribution >= 4 is 17.9 Å². The van der Waals surface area contributed by atoms with Gasteiger partial charge in [0, 0.05) is 19.3 Å². The molecule has 0 N–H and O–H groups in total. The van der Waals surface area contributed by atoms with Gasteiger partial charge >= 0.3 is 17.9 Å². The lowest BCUT2D eigenvalue weighted by Gasteiger charge is -2.18. The van der Waals surface area contributed by atoms with E-state index in [1.165, 1.54) is 295 Å². The number of carbonyl (C=O) groups excluding carboxylic acids is 3. The zero-order valence-corrected chi connectivity index (χ0v) is 50.0. The fourth-order valence-electron chi connectivity index (χ4n) is 10.6. The molecule has 0 heterocycles. The second kappa shape index (κ2) is 62.9. The Morgan fingerprint density at radius 3 is 0.548 bits per heavy atom. The molecule has 0 aliphatic rings. The van der Waals surface area contributed by atoms with Crippen LogP contribution in [0.1, 0.15) is 393 Å². The van der Waals surface area contributed by atoms with E-state index in [1.54, 1.807) is 0 Å². The van der Waals surface area contributed by atoms with Crippen LogP contribution in [-0.4, -0.2) is 37.2 Å². The molecule has 0 spiro atoms. The highest BCUT2D eigenvalue weighted by Crippen LogP contribution is 2.19. The number of esters is 3. The van der Waals surface area contributed by atoms with Crippen molar-refractivity contribution in [3.8, 4) is 0 Å². The Morgan fingerprint density at radius 1 is 0.219 bits per heavy atom. The van der Waals surface area contributed by atoms with Crippen molar-refractivity contribution in [2.24, 2.45) is 0 Å². The van der Waals surface area contributed by atoms with E-state index in [9.17, 15) is 14.4 Å². The van der Waals surface area contributed by atoms with Gasteiger partial charge in [0.15, 0.2) is 6.10 Å². The van der Waals surface area contributed by atoms with Crippen LogP contribution in [0.5, 0.6) is 0 Å². The van der Waals surface area contributed by atoms with Gasteiger partial charge in [-0.25, -0.2) is 0 Å². The molecule has 0 aromatic rings. The summed E-state index contributed by atoms with van der Waals surface area (Å²) in [7, 11) is 0. The first-order valence-corrected chi connectivity index (χ1v) is 33.5. The predicted molar refractivity (Wildman–Crippen MR) is 317 cm³/mol. The summed E-state index contributed by atoms with van der Waals surface area (Å²) in [6.07, 6.45) is 72.9. The highest BCUT2D eigenvalue weighted by molar-refractivity contribution is 5.71. The fraction of sp³-hybridized carbons (Fsp3) is 0.955. The van der Waals surface area contributed by atoms with E-state index in [0.29, 0.717) is 19.3 Å². The number of rotatable bonds is 63. The molecule has 73 heavy (non-hydrogen) atoms. The minimum Gasteiger partial charge on any atom is -0.462 e. The molecule has 0 aliphatic heterocycles. The maximum absolute atomic E-state index is 12.8. The smallest absolute Gasteiger partial charge is 0.306 e. The Morgan fingerprint density at radius 2 is 0.370 bits per heavy atom. The van der Waals surface area contributed by atoms with Gasteiger partial charge < -0.3 is 14.2 Å². The second-order valence-electron chi connectivity index (χ2n) is 23.1. The molecule has 0 bridgehead atoms. The lowest BCUT2D eigenvalue weighted by atomic mass is 10.0. The molecule has 0 aliphatic carbocycles. The number of hydrogen-bond donors (Lipinski definition) is 0. The Hall–Kier alpha value is -1.59. The highest BCUT2D eigenvalue weighted by Gasteiger charge is 2.19. The molecule has 1 unspecified atom stereocenters. The van der Waals surface area contributed by atoms with Gasteiger partial charge in [-0.3, -0.25) is 14.4 Å². The SMILES string of the molecule is CCCCCCCCCCCCCCCCCCCCCCCCCCCCCCCCCC(=O)OCC(COC(=O)CCCCCCCCCCCCC)OC(=O)CCCCCCCCCCCCCCC. The number of hydrogen-bond acceptors (Lipinski definition) is 6. The van der Waals surface area contributed by atoms with Gasteiger partial charge in [0.1, 0.15) is 13.2 Å². The van der Waals surface area contributed by atoms with Crippen LogP contribution in [0.25, 0.3) is 0 Å². The summed E-state index contributed by atoms with van der Waals surface area (Å²) in [5.74, 6) is -0.831. The Balaban J connectivity index is 4.00. The van der Waals surface area contributed by atoms with E-state index in [2.05, 4.69) is 20.8 Å². The minimum atomic E-state index is -0.761. The van der Waals surface area contributed by atoms with Crippen LogP contribution in [0, 0.1) is 0 Å². The van der Waals surface area contributed by atoms with E-state index < -0.39 is 6.10 Å². The lowest BCUT2D eigenvalue weighted by molar-refractivity contribution is -0.167. The van der Waals surface area contributed by atoms with E-state index in [-0.39, 0.29) is 31.1 Å². The Bertz CT molecular complexity index is 1090. The van der Waals surface area contributed by atoms with Crippen LogP contribution >= 0.6 is 0 Å². The maximum Gasteiger partial charge on any atom is 0.306 e. The van der Waals surface area contributed by atoms with E-state index >= 15 is 0 Å². The Labute approximate surface area is 457 Å². The Kier molecular flexibility index (Phi) is 61.6. The second-order valence-corrected chi connectivity index (χ2v) is 23.1. The molecular weight excluding hydrogens is 901 g/mol. The molecule has 0 rings (SSSR count). The summed E-state index contributed by atoms with van der Waals surface area (Å²) in [5, 5.41) is 0. The molecule has 434 valence electrons. The van der Waals surface area contributed by atoms with Crippen molar-refractivity contribution in [2.45, 2.75) is 399 Å². The zero-order valence-electron chi connectivity index (χ0n) is 50.0. The van der Waals surface area contributed by atoms with Gasteiger partial charge in [-0.05, 0) is 19.3 Å². The average Bonchev–Trinajstić information content (AvgIpc) is 3.39. The topological polar surface area (TPSA) is 78.9 Å². The monoisotopic (exact) mass is 1030 g/mol. The molecule has 6 nitrogen and oxygen atoms in total. The van der Waals surface area contributed by atoms with Crippen LogP contribution in [0.15, 0.2) is 0 Å². The summed E-state index contributed by atoms with van der Waals surface area (Å²) >= 11 is 0. The summed E-state index contributed by atoms with van der Waals surface area (Å²) in [4.78, 5) is 38.2. The molecular formula is C67H130O6. The van der Waals surface area contributed by atoms with Crippen molar-refractivity contribution in [3.63, 3.8) is 0 Å². The molecule has 0 saturated heterocycles. The van der Waals surface area contributed by atoms with Crippen molar-refractivity contribution in [3.05, 3.63) is 0 Å². The van der Waals surface area contributed by atoms with Crippen LogP contribution < -0.4 is 0 Å². The zero-order chi connectivity index (χ0) is 52.9. The lowest BCUT2D eigenvalue weighted by Crippen LogP contribution is -2.30. The molecule has 0 aromatic carbocycles. The van der Waals surface area contributed by atoms with Gasteiger partial charge in [0.25, 0.3) is 0 Å². The van der Waals surface area contributed by atoms with E-state index in [0.717, 1.165) is 57.8 Å². The highest BCUT2D eigenvalue weighted by atomic mass is 16.6. The quantitative estimate of drug-likeness (QED) is 0.0343. The average molecular weight is 1030 g/mol. The van der Waals surface area contributed by atoms with Crippen molar-refractivity contribution in [2.75, 3.05) is 13.2 Å². The molecule has 0 radical (unpaired) electrons. The van der Waals surface area contributed by atoms with Crippen LogP contribution in [0.4, 0.5) is 0 Å². The summed E-state index contributed by atoms with van der Waals surface area (Å²) < 4.78 is 16.9. The third kappa shape index (κ3) is 61.1. The summed E-state index contributed by atoms with van der Waals surface area (Å²) in [6, 6.07) is 0. The van der Waals surface area contributed by atoms with Crippen molar-refractivity contribution in [1.82, 2.24) is 0 Å². The van der Waals surface area contributed by atoms with Crippen molar-refractivity contribution < 1.29 is 28.6 Å². The minimum absolute atomic E-state index is 0.0610. The first kappa shape index (κ1) is 71.4. The van der Waals surface area contributed by atoms with E-state index in [1.807, 2.05) is 0 Å². The van der Waals surface area contributed by atoms with E-state index in [4.69, 9.17) is 14.2 Å². The van der Waals surface area contributed by atoms with Crippen LogP contribution in [0.2, 0.25) is 0 Å². The van der Waals surface area contributed by atoms with Crippen LogP contribution in [0.3, 0.4) is 0 Å². The first-order chi connectivity index (χ1) is 36.0. The maximum atomic E-state index is 12.8. The number of carbonyl (C=O) groups is 3. The van der Waals surface area contributed by atoms with Crippen molar-refractivity contribution in [1.29, 1.82) is 0 Å². The standard InChI is InChI=1S/C67H130O6/c1-4-7-10-13-16-19-22-24-25-26-27-28-29-30-31-32-33-34-35-36-37-38-39-40-41-43-45-48-51-54-57-60-66(69)72-63-64(62-71-65(68)59-56-53-50-47-44-21-18-15-12-9-6-3)73-67(70)61-58-55-52-49-46-42-23-20-17-14-11-8-5-2/h64H,4-63H2,1-3H3. The first-order valence-electron chi connectivity index (χ1n) is 33.5. The molecule has 0 aromatic heterocycles. The third-order valence-corrected chi connectivity index (χ3v) is 15.6. The van der Waals surface area contributed by atoms with Gasteiger partial charge in [-0.15, -0.1) is 0 Å². The third-order valence-electron chi connectivity index (χ3n) is 15.6. The largest absolute Gasteiger partial charge is 0.462 e. The van der Waals surface area contributed by atoms with Crippen LogP contribution in [-0.2, 0) is 28.6 Å². The summed E-state index contributed by atoms with van der Waals surface area (Å²) in [5.41, 5.74) is 0. The fourth-order valence-corrected chi connectivity index (χ4v) is 10.6. The molecule has 0 fully saturated rings. The predicted octanol–water partition coefficient (Wildman–Crippen LogP) is 22.7. The number of ether oxygens (including phenoxy) is 3. The molecule has 0 amide bonds. The van der Waals surface area contributed by atoms with Gasteiger partial charge in [0.05, 0.1) is 0 Å². The van der Waals surface area contributed by atoms with Gasteiger partial charge in [0.2, 0.25) is 0 Å². The van der Waals surface area contributed by atoms with Gasteiger partial charge in [-0.2, -0.15) is 0 Å². The molecule has 6 heteroatoms. The normalized spacial score (nSPS) is 11.9.